The molecule has 0 saturated heterocycles. The van der Waals surface area contributed by atoms with E-state index in [1.54, 1.807) is 11.0 Å². The maximum atomic E-state index is 13.9. The zero-order chi connectivity index (χ0) is 30.2. The van der Waals surface area contributed by atoms with Crippen LogP contribution in [0.15, 0.2) is 72.8 Å². The summed E-state index contributed by atoms with van der Waals surface area (Å²) in [6.45, 7) is 7.88. The van der Waals surface area contributed by atoms with Gasteiger partial charge in [-0.2, -0.15) is 0 Å². The highest BCUT2D eigenvalue weighted by molar-refractivity contribution is 7.92. The van der Waals surface area contributed by atoms with Crippen LogP contribution < -0.4 is 9.62 Å². The van der Waals surface area contributed by atoms with Crippen molar-refractivity contribution in [3.63, 3.8) is 0 Å². The molecule has 0 aromatic heterocycles. The van der Waals surface area contributed by atoms with Crippen LogP contribution in [0.25, 0.3) is 0 Å². The second-order valence-corrected chi connectivity index (χ2v) is 13.1. The van der Waals surface area contributed by atoms with E-state index in [1.165, 1.54) is 10.6 Å². The van der Waals surface area contributed by atoms with Gasteiger partial charge in [-0.3, -0.25) is 13.9 Å². The van der Waals surface area contributed by atoms with Crippen LogP contribution in [0, 0.1) is 13.8 Å². The summed E-state index contributed by atoms with van der Waals surface area (Å²) in [6, 6.07) is 21.6. The lowest BCUT2D eigenvalue weighted by Crippen LogP contribution is -2.51. The zero-order valence-corrected chi connectivity index (χ0v) is 26.0. The van der Waals surface area contributed by atoms with Gasteiger partial charge < -0.3 is 10.2 Å². The van der Waals surface area contributed by atoms with Crippen molar-refractivity contribution >= 4 is 39.1 Å². The highest BCUT2D eigenvalue weighted by atomic mass is 35.5. The number of carbonyl (C=O) groups excluding carboxylic acids is 2. The molecule has 1 N–H and O–H groups in total. The van der Waals surface area contributed by atoms with Gasteiger partial charge in [0.2, 0.25) is 21.8 Å². The number of carbonyl (C=O) groups is 2. The van der Waals surface area contributed by atoms with Gasteiger partial charge in [-0.05, 0) is 74.6 Å². The number of amides is 2. The van der Waals surface area contributed by atoms with E-state index in [-0.39, 0.29) is 43.8 Å². The molecule has 0 aliphatic carbocycles. The van der Waals surface area contributed by atoms with Gasteiger partial charge >= 0.3 is 0 Å². The van der Waals surface area contributed by atoms with E-state index in [4.69, 9.17) is 11.6 Å². The van der Waals surface area contributed by atoms with Crippen LogP contribution >= 0.6 is 11.6 Å². The summed E-state index contributed by atoms with van der Waals surface area (Å²) in [4.78, 5) is 29.0. The Morgan fingerprint density at radius 2 is 1.54 bits per heavy atom. The minimum Gasteiger partial charge on any atom is -0.352 e. The SMILES string of the molecule is Cc1cc(C)cc(N(CCCC(=O)N(Cc2ccccc2Cl)[C@H](Cc2ccccc2)C(=O)NC(C)C)S(C)(=O)=O)c1. The molecule has 3 aromatic carbocycles. The van der Waals surface area contributed by atoms with Gasteiger partial charge in [0.1, 0.15) is 6.04 Å². The fraction of sp³-hybridized carbons (Fsp3) is 0.375. The topological polar surface area (TPSA) is 86.8 Å². The molecule has 9 heteroatoms. The van der Waals surface area contributed by atoms with Gasteiger partial charge in [-0.25, -0.2) is 8.42 Å². The standard InChI is InChI=1S/C32H40ClN3O4S/c1-23(2)34-32(38)30(21-26-12-7-6-8-13-26)35(22-27-14-9-10-15-29(27)33)31(37)16-11-17-36(41(5,39)40)28-19-24(3)18-25(4)20-28/h6-10,12-15,18-20,23,30H,11,16-17,21-22H2,1-5H3,(H,34,38)/t30-/m1/s1. The molecule has 1 atom stereocenters. The molecule has 0 saturated carbocycles. The molecule has 41 heavy (non-hydrogen) atoms. The molecule has 220 valence electrons. The predicted molar refractivity (Wildman–Crippen MR) is 167 cm³/mol. The minimum atomic E-state index is -3.58. The van der Waals surface area contributed by atoms with Gasteiger partial charge in [0.05, 0.1) is 11.9 Å². The Labute approximate surface area is 249 Å². The highest BCUT2D eigenvalue weighted by Gasteiger charge is 2.31. The summed E-state index contributed by atoms with van der Waals surface area (Å²) in [5.41, 5.74) is 4.13. The molecule has 7 nitrogen and oxygen atoms in total. The zero-order valence-electron chi connectivity index (χ0n) is 24.4. The number of sulfonamides is 1. The van der Waals surface area contributed by atoms with Gasteiger partial charge in [0.25, 0.3) is 0 Å². The fourth-order valence-corrected chi connectivity index (χ4v) is 5.99. The molecule has 3 aromatic rings. The van der Waals surface area contributed by atoms with E-state index >= 15 is 0 Å². The summed E-state index contributed by atoms with van der Waals surface area (Å²) in [6.07, 6.45) is 1.83. The predicted octanol–water partition coefficient (Wildman–Crippen LogP) is 5.67. The van der Waals surface area contributed by atoms with E-state index < -0.39 is 16.1 Å². The molecular formula is C32H40ClN3O4S. The van der Waals surface area contributed by atoms with Crippen LogP contribution in [0.2, 0.25) is 5.02 Å². The third-order valence-corrected chi connectivity index (χ3v) is 8.21. The van der Waals surface area contributed by atoms with Crippen molar-refractivity contribution in [3.05, 3.63) is 100 Å². The lowest BCUT2D eigenvalue weighted by atomic mass is 10.0. The van der Waals surface area contributed by atoms with Crippen molar-refractivity contribution in [2.75, 3.05) is 17.1 Å². The van der Waals surface area contributed by atoms with Crippen LogP contribution in [0.4, 0.5) is 5.69 Å². The molecular weight excluding hydrogens is 558 g/mol. The van der Waals surface area contributed by atoms with Crippen LogP contribution in [0.3, 0.4) is 0 Å². The summed E-state index contributed by atoms with van der Waals surface area (Å²) < 4.78 is 26.8. The van der Waals surface area contributed by atoms with Crippen LogP contribution in [-0.2, 0) is 32.6 Å². The van der Waals surface area contributed by atoms with Crippen molar-refractivity contribution in [1.29, 1.82) is 0 Å². The number of halogens is 1. The average molecular weight is 598 g/mol. The number of nitrogens with one attached hydrogen (secondary N) is 1. The lowest BCUT2D eigenvalue weighted by Gasteiger charge is -2.32. The van der Waals surface area contributed by atoms with Gasteiger partial charge in [0, 0.05) is 37.0 Å². The number of hydrogen-bond donors (Lipinski definition) is 1. The quantitative estimate of drug-likeness (QED) is 0.275. The second kappa shape index (κ2) is 14.5. The first-order valence-corrected chi connectivity index (χ1v) is 16.0. The Morgan fingerprint density at radius 1 is 0.927 bits per heavy atom. The number of anilines is 1. The van der Waals surface area contributed by atoms with E-state index in [9.17, 15) is 18.0 Å². The van der Waals surface area contributed by atoms with E-state index in [2.05, 4.69) is 5.32 Å². The van der Waals surface area contributed by atoms with Crippen molar-refractivity contribution < 1.29 is 18.0 Å². The average Bonchev–Trinajstić information content (AvgIpc) is 2.88. The molecule has 0 unspecified atom stereocenters. The molecule has 0 aliphatic rings. The van der Waals surface area contributed by atoms with Crippen LogP contribution in [0.5, 0.6) is 0 Å². The Balaban J connectivity index is 1.90. The monoisotopic (exact) mass is 597 g/mol. The Bertz CT molecular complexity index is 1420. The molecule has 0 fully saturated rings. The normalized spacial score (nSPS) is 12.2. The Morgan fingerprint density at radius 3 is 2.12 bits per heavy atom. The third-order valence-electron chi connectivity index (χ3n) is 6.65. The summed E-state index contributed by atoms with van der Waals surface area (Å²) in [5, 5.41) is 3.48. The van der Waals surface area contributed by atoms with Crippen molar-refractivity contribution in [3.8, 4) is 0 Å². The van der Waals surface area contributed by atoms with Gasteiger partial charge in [-0.15, -0.1) is 0 Å². The maximum Gasteiger partial charge on any atom is 0.243 e. The van der Waals surface area contributed by atoms with Crippen molar-refractivity contribution in [1.82, 2.24) is 10.2 Å². The first-order valence-electron chi connectivity index (χ1n) is 13.8. The number of rotatable bonds is 13. The number of aryl methyl sites for hydroxylation is 2. The van der Waals surface area contributed by atoms with Crippen molar-refractivity contribution in [2.24, 2.45) is 0 Å². The van der Waals surface area contributed by atoms with Gasteiger partial charge in [-0.1, -0.05) is 66.2 Å². The molecule has 0 radical (unpaired) electrons. The summed E-state index contributed by atoms with van der Waals surface area (Å²) >= 11 is 6.48. The van der Waals surface area contributed by atoms with E-state index in [0.29, 0.717) is 17.1 Å². The molecule has 2 amide bonds. The molecule has 0 aliphatic heterocycles. The number of nitrogens with zero attached hydrogens (tertiary/aromatic N) is 2. The van der Waals surface area contributed by atoms with Crippen LogP contribution in [-0.4, -0.2) is 50.0 Å². The Hall–Kier alpha value is -3.36. The molecule has 0 heterocycles. The number of benzene rings is 3. The minimum absolute atomic E-state index is 0.0571. The molecule has 0 spiro atoms. The molecule has 3 rings (SSSR count). The first kappa shape index (κ1) is 32.2. The fourth-order valence-electron chi connectivity index (χ4n) is 4.84. The van der Waals surface area contributed by atoms with E-state index in [0.717, 1.165) is 22.3 Å². The second-order valence-electron chi connectivity index (χ2n) is 10.8. The summed E-state index contributed by atoms with van der Waals surface area (Å²) in [7, 11) is -3.58. The third kappa shape index (κ3) is 9.61. The highest BCUT2D eigenvalue weighted by Crippen LogP contribution is 2.24. The van der Waals surface area contributed by atoms with E-state index in [1.807, 2.05) is 94.4 Å². The maximum absolute atomic E-state index is 13.9. The lowest BCUT2D eigenvalue weighted by molar-refractivity contribution is -0.141. The number of hydrogen-bond acceptors (Lipinski definition) is 4. The Kier molecular flexibility index (Phi) is 11.4. The largest absolute Gasteiger partial charge is 0.352 e. The first-order chi connectivity index (χ1) is 19.3. The smallest absolute Gasteiger partial charge is 0.243 e. The van der Waals surface area contributed by atoms with Crippen LogP contribution in [0.1, 0.15) is 48.9 Å². The van der Waals surface area contributed by atoms with Gasteiger partial charge in [0.15, 0.2) is 0 Å². The molecule has 0 bridgehead atoms. The van der Waals surface area contributed by atoms with Crippen molar-refractivity contribution in [2.45, 2.75) is 65.6 Å². The summed E-state index contributed by atoms with van der Waals surface area (Å²) in [5.74, 6) is -0.504.